The average Bonchev–Trinajstić information content (AvgIpc) is 2.38. The molecule has 0 atom stereocenters. The minimum Gasteiger partial charge on any atom is -0.297 e. The number of aryl methyl sites for hydroxylation is 1. The molecule has 0 saturated carbocycles. The Morgan fingerprint density at radius 2 is 1.90 bits per heavy atom. The molecule has 112 valence electrons. The zero-order chi connectivity index (χ0) is 15.0. The van der Waals surface area contributed by atoms with E-state index in [0.717, 1.165) is 23.2 Å². The molecule has 0 aromatic heterocycles. The first-order valence-electron chi connectivity index (χ1n) is 7.03. The van der Waals surface area contributed by atoms with Gasteiger partial charge in [-0.3, -0.25) is 4.31 Å². The lowest BCUT2D eigenvalue weighted by Crippen LogP contribution is -2.23. The molecule has 0 aliphatic rings. The number of hydrogen-bond acceptors (Lipinski definition) is 3. The molecule has 0 bridgehead atoms. The maximum Gasteiger partial charge on any atom is 0.102 e. The van der Waals surface area contributed by atoms with Gasteiger partial charge in [-0.2, -0.15) is 0 Å². The van der Waals surface area contributed by atoms with Gasteiger partial charge in [-0.05, 0) is 43.5 Å². The molecule has 0 N–H and O–H groups in total. The smallest absolute Gasteiger partial charge is 0.102 e. The quantitative estimate of drug-likeness (QED) is 0.369. The summed E-state index contributed by atoms with van der Waals surface area (Å²) in [6.07, 6.45) is 4.23. The fraction of sp³-hybridized carbons (Fsp3) is 0.533. The van der Waals surface area contributed by atoms with Crippen molar-refractivity contribution in [3.8, 4) is 0 Å². The van der Waals surface area contributed by atoms with Crippen LogP contribution in [-0.4, -0.2) is 35.1 Å². The van der Waals surface area contributed by atoms with Gasteiger partial charge < -0.3 is 0 Å². The summed E-state index contributed by atoms with van der Waals surface area (Å²) in [5.41, 5.74) is 2.19. The topological polar surface area (TPSA) is 18.8 Å². The summed E-state index contributed by atoms with van der Waals surface area (Å²) < 4.78 is 5.53. The minimum absolute atomic E-state index is 1.01. The summed E-state index contributed by atoms with van der Waals surface area (Å²) in [4.78, 5) is 4.55. The van der Waals surface area contributed by atoms with E-state index in [0.29, 0.717) is 0 Å². The van der Waals surface area contributed by atoms with Crippen LogP contribution < -0.4 is 0 Å². The van der Waals surface area contributed by atoms with Crippen molar-refractivity contribution in [3.05, 3.63) is 28.2 Å². The van der Waals surface area contributed by atoms with Crippen molar-refractivity contribution < 1.29 is 0 Å². The molecule has 1 aromatic rings. The Morgan fingerprint density at radius 1 is 1.25 bits per heavy atom. The van der Waals surface area contributed by atoms with Crippen LogP contribution in [0.3, 0.4) is 0 Å². The highest BCUT2D eigenvalue weighted by molar-refractivity contribution is 9.10. The summed E-state index contributed by atoms with van der Waals surface area (Å²) in [5, 5.41) is 0. The second kappa shape index (κ2) is 9.42. The maximum absolute atomic E-state index is 4.55. The molecule has 1 aromatic carbocycles. The van der Waals surface area contributed by atoms with Crippen LogP contribution in [0.5, 0.6) is 0 Å². The number of benzene rings is 1. The third-order valence-corrected chi connectivity index (χ3v) is 4.15. The molecule has 0 aliphatic heterocycles. The Balaban J connectivity index is 2.59. The number of nitrogens with zero attached hydrogens (tertiary/aromatic N) is 3. The first kappa shape index (κ1) is 17.5. The van der Waals surface area contributed by atoms with Crippen molar-refractivity contribution in [2.24, 2.45) is 4.99 Å². The largest absolute Gasteiger partial charge is 0.297 e. The van der Waals surface area contributed by atoms with Gasteiger partial charge in [-0.1, -0.05) is 29.8 Å². The predicted octanol–water partition coefficient (Wildman–Crippen LogP) is 5.03. The molecule has 0 saturated heterocycles. The summed E-state index contributed by atoms with van der Waals surface area (Å²) in [7, 11) is 2.04. The zero-order valence-electron chi connectivity index (χ0n) is 12.8. The Bertz CT molecular complexity index is 431. The lowest BCUT2D eigenvalue weighted by molar-refractivity contribution is 0.457. The minimum atomic E-state index is 1.01. The number of hydrogen-bond donors (Lipinski definition) is 0. The maximum atomic E-state index is 4.55. The van der Waals surface area contributed by atoms with Crippen molar-refractivity contribution in [2.45, 2.75) is 33.6 Å². The second-order valence-corrected chi connectivity index (χ2v) is 6.90. The first-order chi connectivity index (χ1) is 9.56. The van der Waals surface area contributed by atoms with Crippen LogP contribution in [-0.2, 0) is 0 Å². The van der Waals surface area contributed by atoms with Gasteiger partial charge >= 0.3 is 0 Å². The Kier molecular flexibility index (Phi) is 8.26. The van der Waals surface area contributed by atoms with Crippen LogP contribution in [0.25, 0.3) is 0 Å². The van der Waals surface area contributed by atoms with Crippen LogP contribution in [0.2, 0.25) is 0 Å². The summed E-state index contributed by atoms with van der Waals surface area (Å²) in [6.45, 7) is 8.71. The predicted molar refractivity (Wildman–Crippen MR) is 94.5 cm³/mol. The van der Waals surface area contributed by atoms with E-state index in [4.69, 9.17) is 0 Å². The molecular weight excluding hydrogens is 334 g/mol. The third kappa shape index (κ3) is 6.29. The van der Waals surface area contributed by atoms with E-state index in [1.165, 1.54) is 18.4 Å². The summed E-state index contributed by atoms with van der Waals surface area (Å²) >= 11 is 5.20. The SMILES string of the molecule is CCCN(CCC)SN(C)/C=N/c1ccc(Br)cc1C. The van der Waals surface area contributed by atoms with Gasteiger partial charge in [0.25, 0.3) is 0 Å². The van der Waals surface area contributed by atoms with E-state index < -0.39 is 0 Å². The van der Waals surface area contributed by atoms with Gasteiger partial charge in [0, 0.05) is 36.7 Å². The normalized spacial score (nSPS) is 11.5. The lowest BCUT2D eigenvalue weighted by Gasteiger charge is -2.23. The van der Waals surface area contributed by atoms with E-state index in [-0.39, 0.29) is 0 Å². The van der Waals surface area contributed by atoms with Crippen LogP contribution >= 0.6 is 28.1 Å². The fourth-order valence-corrected chi connectivity index (χ4v) is 3.26. The Morgan fingerprint density at radius 3 is 2.45 bits per heavy atom. The van der Waals surface area contributed by atoms with Gasteiger partial charge in [0.2, 0.25) is 0 Å². The average molecular weight is 358 g/mol. The van der Waals surface area contributed by atoms with Gasteiger partial charge in [0.15, 0.2) is 0 Å². The van der Waals surface area contributed by atoms with Crippen LogP contribution in [0.4, 0.5) is 5.69 Å². The van der Waals surface area contributed by atoms with Crippen LogP contribution in [0.15, 0.2) is 27.7 Å². The van der Waals surface area contributed by atoms with E-state index in [9.17, 15) is 0 Å². The molecule has 1 rings (SSSR count). The molecule has 0 amide bonds. The Hall–Kier alpha value is -0.520. The van der Waals surface area contributed by atoms with Crippen molar-refractivity contribution >= 4 is 40.1 Å². The molecule has 0 spiro atoms. The molecule has 3 nitrogen and oxygen atoms in total. The highest BCUT2D eigenvalue weighted by Crippen LogP contribution is 2.23. The molecule has 0 fully saturated rings. The van der Waals surface area contributed by atoms with E-state index in [1.54, 1.807) is 12.1 Å². The lowest BCUT2D eigenvalue weighted by atomic mass is 10.2. The van der Waals surface area contributed by atoms with E-state index >= 15 is 0 Å². The molecule has 0 heterocycles. The third-order valence-electron chi connectivity index (χ3n) is 2.71. The van der Waals surface area contributed by atoms with E-state index in [1.807, 2.05) is 25.5 Å². The highest BCUT2D eigenvalue weighted by atomic mass is 79.9. The standard InChI is InChI=1S/C15H24BrN3S/c1-5-9-19(10-6-2)20-18(4)12-17-15-8-7-14(16)11-13(15)3/h7-8,11-12H,5-6,9-10H2,1-4H3/b17-12+. The van der Waals surface area contributed by atoms with Gasteiger partial charge in [-0.15, -0.1) is 0 Å². The Labute approximate surface area is 135 Å². The molecule has 0 unspecified atom stereocenters. The van der Waals surface area contributed by atoms with Gasteiger partial charge in [0.1, 0.15) is 6.34 Å². The van der Waals surface area contributed by atoms with Gasteiger partial charge in [-0.25, -0.2) is 9.30 Å². The van der Waals surface area contributed by atoms with Crippen molar-refractivity contribution in [1.82, 2.24) is 8.61 Å². The van der Waals surface area contributed by atoms with Crippen molar-refractivity contribution in [1.29, 1.82) is 0 Å². The van der Waals surface area contributed by atoms with Crippen molar-refractivity contribution in [2.75, 3.05) is 20.1 Å². The van der Waals surface area contributed by atoms with Crippen molar-refractivity contribution in [3.63, 3.8) is 0 Å². The molecule has 5 heteroatoms. The molecule has 0 radical (unpaired) electrons. The number of aliphatic imine (C=N–C) groups is 1. The summed E-state index contributed by atoms with van der Waals surface area (Å²) in [6, 6.07) is 6.14. The number of rotatable bonds is 8. The highest BCUT2D eigenvalue weighted by Gasteiger charge is 2.05. The summed E-state index contributed by atoms with van der Waals surface area (Å²) in [5.74, 6) is 0. The zero-order valence-corrected chi connectivity index (χ0v) is 15.2. The molecule has 0 aliphatic carbocycles. The fourth-order valence-electron chi connectivity index (χ4n) is 1.80. The molecule has 20 heavy (non-hydrogen) atoms. The van der Waals surface area contributed by atoms with Crippen LogP contribution in [0.1, 0.15) is 32.3 Å². The van der Waals surface area contributed by atoms with Gasteiger partial charge in [0.05, 0.1) is 5.69 Å². The molecular formula is C15H24BrN3S. The second-order valence-electron chi connectivity index (χ2n) is 4.73. The van der Waals surface area contributed by atoms with Crippen LogP contribution in [0, 0.1) is 6.92 Å². The van der Waals surface area contributed by atoms with E-state index in [2.05, 4.69) is 56.4 Å². The monoisotopic (exact) mass is 357 g/mol. The first-order valence-corrected chi connectivity index (χ1v) is 8.55. The number of halogens is 1.